The molecular formula is C45H44N6O6. The Hall–Kier alpha value is -6.30. The number of hydrogen-bond acceptors (Lipinski definition) is 10. The zero-order valence-electron chi connectivity index (χ0n) is 32.9. The highest BCUT2D eigenvalue weighted by atomic mass is 16.5. The Balaban J connectivity index is 0.000000156. The van der Waals surface area contributed by atoms with Crippen molar-refractivity contribution in [2.24, 2.45) is 11.8 Å². The highest BCUT2D eigenvalue weighted by Gasteiger charge is 2.39. The van der Waals surface area contributed by atoms with Gasteiger partial charge in [0.2, 0.25) is 0 Å². The van der Waals surface area contributed by atoms with Crippen molar-refractivity contribution >= 4 is 55.8 Å². The van der Waals surface area contributed by atoms with Gasteiger partial charge in [-0.25, -0.2) is 9.59 Å². The first-order valence-electron chi connectivity index (χ1n) is 19.5. The zero-order chi connectivity index (χ0) is 39.5. The van der Waals surface area contributed by atoms with Crippen LogP contribution < -0.4 is 0 Å². The number of pyridine rings is 2. The molecule has 6 aromatic heterocycles. The first-order valence-corrected chi connectivity index (χ1v) is 19.5. The van der Waals surface area contributed by atoms with Crippen molar-refractivity contribution in [3.05, 3.63) is 95.0 Å². The second kappa shape index (κ2) is 14.3. The lowest BCUT2D eigenvalue weighted by atomic mass is 9.68. The van der Waals surface area contributed by atoms with Gasteiger partial charge < -0.3 is 28.1 Å². The molecule has 0 bridgehead atoms. The number of hydrogen-bond donors (Lipinski definition) is 1. The maximum Gasteiger partial charge on any atom is 0.337 e. The molecular weight excluding hydrogens is 721 g/mol. The summed E-state index contributed by atoms with van der Waals surface area (Å²) >= 11 is 0. The molecule has 2 fully saturated rings. The molecule has 10 rings (SSSR count). The number of rotatable bonds is 7. The highest BCUT2D eigenvalue weighted by molar-refractivity contribution is 6.09. The molecule has 0 spiro atoms. The van der Waals surface area contributed by atoms with Gasteiger partial charge in [0.15, 0.2) is 0 Å². The Kier molecular flexibility index (Phi) is 9.14. The molecule has 0 aliphatic heterocycles. The Morgan fingerprint density at radius 1 is 0.684 bits per heavy atom. The van der Waals surface area contributed by atoms with Gasteiger partial charge in [0.1, 0.15) is 11.5 Å². The number of ether oxygens (including phenoxy) is 2. The van der Waals surface area contributed by atoms with Crippen molar-refractivity contribution in [1.82, 2.24) is 29.8 Å². The number of aromatic nitrogens is 6. The van der Waals surface area contributed by atoms with Crippen molar-refractivity contribution < 1.29 is 28.1 Å². The second-order valence-corrected chi connectivity index (χ2v) is 15.5. The number of fused-ring (bicyclic) bond motifs is 6. The van der Waals surface area contributed by atoms with Crippen LogP contribution in [0.15, 0.2) is 70.0 Å². The van der Waals surface area contributed by atoms with Crippen LogP contribution in [0.2, 0.25) is 0 Å². The van der Waals surface area contributed by atoms with Gasteiger partial charge in [-0.05, 0) is 114 Å². The fourth-order valence-electron chi connectivity index (χ4n) is 8.92. The number of nitrogens with zero attached hydrogens (tertiary/aromatic N) is 5. The van der Waals surface area contributed by atoms with Gasteiger partial charge in [-0.1, -0.05) is 23.2 Å². The van der Waals surface area contributed by atoms with E-state index in [0.29, 0.717) is 29.0 Å². The lowest BCUT2D eigenvalue weighted by molar-refractivity contribution is 0.0592. The molecule has 6 heterocycles. The molecule has 0 saturated heterocycles. The third-order valence-corrected chi connectivity index (χ3v) is 12.1. The lowest BCUT2D eigenvalue weighted by Gasteiger charge is -2.44. The molecule has 2 aromatic carbocycles. The summed E-state index contributed by atoms with van der Waals surface area (Å²) < 4.78 is 23.0. The van der Waals surface area contributed by atoms with Gasteiger partial charge in [-0.15, -0.1) is 0 Å². The molecule has 290 valence electrons. The average Bonchev–Trinajstić information content (AvgIpc) is 3.91. The number of carbonyl (C=O) groups excluding carboxylic acids is 2. The summed E-state index contributed by atoms with van der Waals surface area (Å²) in [6, 6.07) is 16.0. The van der Waals surface area contributed by atoms with Crippen molar-refractivity contribution in [3.63, 3.8) is 0 Å². The molecule has 12 heteroatoms. The monoisotopic (exact) mass is 764 g/mol. The summed E-state index contributed by atoms with van der Waals surface area (Å²) in [7, 11) is 2.81. The molecule has 2 aliphatic carbocycles. The third-order valence-electron chi connectivity index (χ3n) is 12.1. The van der Waals surface area contributed by atoms with Crippen LogP contribution in [0.3, 0.4) is 0 Å². The average molecular weight is 765 g/mol. The Bertz CT molecular complexity index is 2800. The van der Waals surface area contributed by atoms with Crippen LogP contribution in [0.5, 0.6) is 0 Å². The van der Waals surface area contributed by atoms with Gasteiger partial charge in [-0.2, -0.15) is 0 Å². The molecule has 0 radical (unpaired) electrons. The lowest BCUT2D eigenvalue weighted by Crippen LogP contribution is -2.34. The van der Waals surface area contributed by atoms with E-state index in [0.717, 1.165) is 89.0 Å². The number of benzene rings is 2. The molecule has 0 atom stereocenters. The summed E-state index contributed by atoms with van der Waals surface area (Å²) in [4.78, 5) is 36.9. The van der Waals surface area contributed by atoms with Gasteiger partial charge in [0.25, 0.3) is 0 Å². The summed E-state index contributed by atoms with van der Waals surface area (Å²) in [5.74, 6) is 2.26. The van der Waals surface area contributed by atoms with E-state index < -0.39 is 0 Å². The summed E-state index contributed by atoms with van der Waals surface area (Å²) in [6.07, 6.45) is 11.4. The van der Waals surface area contributed by atoms with Gasteiger partial charge in [0.05, 0.1) is 64.3 Å². The van der Waals surface area contributed by atoms with Crippen LogP contribution in [-0.2, 0) is 9.47 Å². The Morgan fingerprint density at radius 3 is 1.75 bits per heavy atom. The van der Waals surface area contributed by atoms with Crippen LogP contribution in [0.25, 0.3) is 66.1 Å². The van der Waals surface area contributed by atoms with Crippen LogP contribution in [0, 0.1) is 39.5 Å². The normalized spacial score (nSPS) is 14.6. The van der Waals surface area contributed by atoms with E-state index in [1.54, 1.807) is 12.1 Å². The smallest absolute Gasteiger partial charge is 0.337 e. The largest absolute Gasteiger partial charge is 0.465 e. The van der Waals surface area contributed by atoms with Crippen molar-refractivity contribution in [2.45, 2.75) is 72.3 Å². The van der Waals surface area contributed by atoms with E-state index in [-0.39, 0.29) is 11.9 Å². The molecule has 0 unspecified atom stereocenters. The van der Waals surface area contributed by atoms with E-state index >= 15 is 0 Å². The van der Waals surface area contributed by atoms with E-state index in [1.165, 1.54) is 52.7 Å². The van der Waals surface area contributed by atoms with Crippen molar-refractivity contribution in [2.75, 3.05) is 14.2 Å². The minimum Gasteiger partial charge on any atom is -0.465 e. The van der Waals surface area contributed by atoms with Gasteiger partial charge in [-0.3, -0.25) is 9.97 Å². The van der Waals surface area contributed by atoms with E-state index in [1.807, 2.05) is 70.4 Å². The fraction of sp³-hybridized carbons (Fsp3) is 0.333. The molecule has 57 heavy (non-hydrogen) atoms. The fourth-order valence-corrected chi connectivity index (χ4v) is 8.92. The predicted molar refractivity (Wildman–Crippen MR) is 217 cm³/mol. The van der Waals surface area contributed by atoms with Gasteiger partial charge in [0, 0.05) is 57.0 Å². The second-order valence-electron chi connectivity index (χ2n) is 15.5. The predicted octanol–water partition coefficient (Wildman–Crippen LogP) is 10.2. The zero-order valence-corrected chi connectivity index (χ0v) is 32.9. The first-order chi connectivity index (χ1) is 27.6. The number of methoxy groups -OCH3 is 2. The number of nitrogens with one attached hydrogen (secondary N) is 1. The number of carbonyl (C=O) groups is 2. The number of H-pyrrole nitrogens is 1. The molecule has 1 N–H and O–H groups in total. The Morgan fingerprint density at radius 2 is 1.23 bits per heavy atom. The van der Waals surface area contributed by atoms with Crippen LogP contribution in [0.1, 0.15) is 88.2 Å². The van der Waals surface area contributed by atoms with E-state index in [2.05, 4.69) is 30.9 Å². The van der Waals surface area contributed by atoms with Crippen LogP contribution in [-0.4, -0.2) is 56.0 Å². The molecule has 2 saturated carbocycles. The minimum absolute atomic E-state index is 0.304. The molecule has 2 aliphatic rings. The summed E-state index contributed by atoms with van der Waals surface area (Å²) in [6.45, 7) is 7.71. The topological polar surface area (TPSA) is 151 Å². The van der Waals surface area contributed by atoms with Crippen LogP contribution >= 0.6 is 0 Å². The molecule has 0 amide bonds. The number of esters is 2. The molecule has 8 aromatic rings. The minimum atomic E-state index is -0.361. The van der Waals surface area contributed by atoms with Crippen molar-refractivity contribution in [1.29, 1.82) is 0 Å². The highest BCUT2D eigenvalue weighted by Crippen LogP contribution is 2.50. The summed E-state index contributed by atoms with van der Waals surface area (Å²) in [5, 5.41) is 10.2. The van der Waals surface area contributed by atoms with E-state index in [4.69, 9.17) is 23.5 Å². The number of aryl methyl sites for hydroxylation is 4. The standard InChI is InChI=1S/C27H29N3O3.C18H15N3O3/c1-15-24(16(2)33-29-15)20-13-23-25(28-14-20)21-11-10-19(27(31)32-3)12-22(21)30(23)26(17-6-4-7-17)18-8-5-9-18;1-9-16(10(2)24-21-9)12-7-15-17(19-8-12)13-5-4-11(18(22)23-3)6-14(13)20-15/h10-14,17-18,26H,4-9H2,1-3H3;4-8,20H,1-3H3. The van der Waals surface area contributed by atoms with Gasteiger partial charge >= 0.3 is 11.9 Å². The SMILES string of the molecule is COC(=O)c1ccc2c(c1)[nH]c1cc(-c3c(C)noc3C)cnc12.COC(=O)c1ccc2c3ncc(-c4c(C)noc4C)cc3n(C(C3CCC3)C3CCC3)c2c1. The van der Waals surface area contributed by atoms with Crippen molar-refractivity contribution in [3.8, 4) is 22.3 Å². The quantitative estimate of drug-likeness (QED) is 0.155. The summed E-state index contributed by atoms with van der Waals surface area (Å²) in [5.41, 5.74) is 12.5. The molecule has 12 nitrogen and oxygen atoms in total. The maximum absolute atomic E-state index is 12.4. The Labute approximate surface area is 328 Å². The number of aromatic amines is 1. The maximum atomic E-state index is 12.4. The third kappa shape index (κ3) is 6.14. The van der Waals surface area contributed by atoms with E-state index in [9.17, 15) is 9.59 Å². The van der Waals surface area contributed by atoms with Crippen LogP contribution in [0.4, 0.5) is 0 Å². The first kappa shape index (κ1) is 36.3.